The number of thiophene rings is 1. The average Bonchev–Trinajstić information content (AvgIpc) is 2.89. The molecule has 0 spiro atoms. The van der Waals surface area contributed by atoms with Crippen LogP contribution in [0.2, 0.25) is 0 Å². The first kappa shape index (κ1) is 17.2. The molecule has 22 heavy (non-hydrogen) atoms. The topological polar surface area (TPSA) is 43.4 Å². The van der Waals surface area contributed by atoms with Gasteiger partial charge in [0.05, 0.1) is 18.4 Å². The molecular formula is C17H19BrO3S. The van der Waals surface area contributed by atoms with Crippen molar-refractivity contribution >= 4 is 49.1 Å². The van der Waals surface area contributed by atoms with Crippen molar-refractivity contribution in [3.05, 3.63) is 34.2 Å². The Bertz CT molecular complexity index is 705. The molecule has 0 N–H and O–H groups in total. The van der Waals surface area contributed by atoms with Crippen molar-refractivity contribution in [2.75, 3.05) is 7.11 Å². The van der Waals surface area contributed by atoms with Gasteiger partial charge >= 0.3 is 5.97 Å². The second kappa shape index (κ2) is 7.38. The van der Waals surface area contributed by atoms with Gasteiger partial charge in [0.1, 0.15) is 0 Å². The molecule has 118 valence electrons. The minimum absolute atomic E-state index is 0.0113. The first-order valence-corrected chi connectivity index (χ1v) is 8.98. The molecule has 0 bridgehead atoms. The van der Waals surface area contributed by atoms with Gasteiger partial charge in [0.25, 0.3) is 0 Å². The number of ketones is 1. The molecule has 2 aromatic rings. The fourth-order valence-corrected chi connectivity index (χ4v) is 4.33. The summed E-state index contributed by atoms with van der Waals surface area (Å²) in [5.74, 6) is -0.338. The van der Waals surface area contributed by atoms with E-state index in [9.17, 15) is 9.59 Å². The highest BCUT2D eigenvalue weighted by molar-refractivity contribution is 9.09. The lowest BCUT2D eigenvalue weighted by atomic mass is 10.0. The number of hydrogen-bond acceptors (Lipinski definition) is 4. The number of hydrogen-bond donors (Lipinski definition) is 0. The minimum Gasteiger partial charge on any atom is -0.469 e. The van der Waals surface area contributed by atoms with Crippen LogP contribution in [-0.2, 0) is 9.53 Å². The Morgan fingerprint density at radius 1 is 1.32 bits per heavy atom. The van der Waals surface area contributed by atoms with E-state index in [2.05, 4.69) is 45.8 Å². The molecule has 0 radical (unpaired) electrons. The van der Waals surface area contributed by atoms with Crippen molar-refractivity contribution in [2.45, 2.75) is 37.9 Å². The minimum atomic E-state index is -0.349. The standard InChI is InChI=1S/C17H19BrO3S/c1-4-12(18)16-11-6-5-10(2)9-14(11)22-17(16)13(19)7-8-15(20)21-3/h5-6,9,12H,4,7-8H2,1-3H3. The predicted molar refractivity (Wildman–Crippen MR) is 94.1 cm³/mol. The summed E-state index contributed by atoms with van der Waals surface area (Å²) in [6.45, 7) is 4.13. The molecule has 0 saturated carbocycles. The maximum absolute atomic E-state index is 12.5. The van der Waals surface area contributed by atoms with Gasteiger partial charge in [0.15, 0.2) is 5.78 Å². The number of Topliss-reactive ketones (excluding diaryl/α,β-unsaturated/α-hetero) is 1. The highest BCUT2D eigenvalue weighted by Gasteiger charge is 2.23. The normalized spacial score (nSPS) is 12.4. The monoisotopic (exact) mass is 382 g/mol. The number of halogens is 1. The molecule has 1 unspecified atom stereocenters. The van der Waals surface area contributed by atoms with E-state index in [1.165, 1.54) is 24.0 Å². The average molecular weight is 383 g/mol. The van der Waals surface area contributed by atoms with Gasteiger partial charge in [-0.05, 0) is 35.9 Å². The van der Waals surface area contributed by atoms with E-state index in [-0.39, 0.29) is 29.4 Å². The van der Waals surface area contributed by atoms with Crippen molar-refractivity contribution in [1.82, 2.24) is 0 Å². The molecular weight excluding hydrogens is 364 g/mol. The number of aryl methyl sites for hydroxylation is 1. The highest BCUT2D eigenvalue weighted by Crippen LogP contribution is 2.41. The molecule has 1 heterocycles. The third-order valence-electron chi connectivity index (χ3n) is 3.59. The number of carbonyl (C=O) groups excluding carboxylic acids is 2. The maximum atomic E-state index is 12.5. The number of carbonyl (C=O) groups is 2. The second-order valence-corrected chi connectivity index (χ2v) is 7.38. The molecule has 0 saturated heterocycles. The van der Waals surface area contributed by atoms with Gasteiger partial charge in [-0.2, -0.15) is 0 Å². The number of esters is 1. The van der Waals surface area contributed by atoms with Gasteiger partial charge in [-0.3, -0.25) is 9.59 Å². The zero-order valence-corrected chi connectivity index (χ0v) is 15.3. The number of rotatable bonds is 6. The van der Waals surface area contributed by atoms with Gasteiger partial charge in [-0.1, -0.05) is 35.0 Å². The van der Waals surface area contributed by atoms with E-state index in [1.807, 2.05) is 6.92 Å². The highest BCUT2D eigenvalue weighted by atomic mass is 79.9. The Labute approximate surface area is 142 Å². The van der Waals surface area contributed by atoms with Crippen LogP contribution < -0.4 is 0 Å². The van der Waals surface area contributed by atoms with Crippen LogP contribution in [0.5, 0.6) is 0 Å². The van der Waals surface area contributed by atoms with Crippen LogP contribution in [-0.4, -0.2) is 18.9 Å². The lowest BCUT2D eigenvalue weighted by Gasteiger charge is -2.09. The van der Waals surface area contributed by atoms with Crippen LogP contribution in [0, 0.1) is 6.92 Å². The van der Waals surface area contributed by atoms with Crippen LogP contribution >= 0.6 is 27.3 Å². The molecule has 1 aromatic carbocycles. The number of alkyl halides is 1. The summed E-state index contributed by atoms with van der Waals surface area (Å²) in [7, 11) is 1.34. The fourth-order valence-electron chi connectivity index (χ4n) is 2.38. The first-order chi connectivity index (χ1) is 10.5. The number of methoxy groups -OCH3 is 1. The van der Waals surface area contributed by atoms with Crippen molar-refractivity contribution in [2.24, 2.45) is 0 Å². The van der Waals surface area contributed by atoms with Gasteiger partial charge in [0.2, 0.25) is 0 Å². The molecule has 0 amide bonds. The van der Waals surface area contributed by atoms with Gasteiger partial charge < -0.3 is 4.74 Å². The van der Waals surface area contributed by atoms with Crippen LogP contribution in [0.1, 0.15) is 51.8 Å². The van der Waals surface area contributed by atoms with Crippen molar-refractivity contribution in [3.8, 4) is 0 Å². The summed E-state index contributed by atoms with van der Waals surface area (Å²) in [4.78, 5) is 24.7. The number of ether oxygens (including phenoxy) is 1. The molecule has 3 nitrogen and oxygen atoms in total. The number of benzene rings is 1. The summed E-state index contributed by atoms with van der Waals surface area (Å²) in [5.41, 5.74) is 2.23. The Hall–Kier alpha value is -1.20. The summed E-state index contributed by atoms with van der Waals surface area (Å²) in [5, 5.41) is 1.13. The molecule has 0 fully saturated rings. The van der Waals surface area contributed by atoms with E-state index in [1.54, 1.807) is 0 Å². The smallest absolute Gasteiger partial charge is 0.305 e. The quantitative estimate of drug-likeness (QED) is 0.392. The molecule has 5 heteroatoms. The molecule has 0 aliphatic rings. The predicted octanol–water partition coefficient (Wildman–Crippen LogP) is 5.19. The van der Waals surface area contributed by atoms with Crippen LogP contribution in [0.15, 0.2) is 18.2 Å². The Kier molecular flexibility index (Phi) is 5.75. The molecule has 1 aromatic heterocycles. The number of fused-ring (bicyclic) bond motifs is 1. The largest absolute Gasteiger partial charge is 0.469 e. The van der Waals surface area contributed by atoms with E-state index in [4.69, 9.17) is 0 Å². The summed E-state index contributed by atoms with van der Waals surface area (Å²) < 4.78 is 5.73. The van der Waals surface area contributed by atoms with E-state index in [0.29, 0.717) is 0 Å². The van der Waals surface area contributed by atoms with Crippen molar-refractivity contribution in [1.29, 1.82) is 0 Å². The summed E-state index contributed by atoms with van der Waals surface area (Å²) in [6, 6.07) is 6.25. The van der Waals surface area contributed by atoms with E-state index >= 15 is 0 Å². The molecule has 0 aliphatic heterocycles. The SMILES string of the molecule is CCC(Br)c1c(C(=O)CCC(=O)OC)sc2cc(C)ccc12. The molecule has 2 rings (SSSR count). The Morgan fingerprint density at radius 2 is 2.05 bits per heavy atom. The summed E-state index contributed by atoms with van der Waals surface area (Å²) >= 11 is 5.20. The third kappa shape index (κ3) is 3.58. The van der Waals surface area contributed by atoms with E-state index in [0.717, 1.165) is 26.9 Å². The lowest BCUT2D eigenvalue weighted by molar-refractivity contribution is -0.140. The Balaban J connectivity index is 2.43. The van der Waals surface area contributed by atoms with Crippen LogP contribution in [0.25, 0.3) is 10.1 Å². The van der Waals surface area contributed by atoms with Gasteiger partial charge in [-0.25, -0.2) is 0 Å². The maximum Gasteiger partial charge on any atom is 0.305 e. The van der Waals surface area contributed by atoms with Crippen molar-refractivity contribution in [3.63, 3.8) is 0 Å². The second-order valence-electron chi connectivity index (χ2n) is 5.22. The van der Waals surface area contributed by atoms with Gasteiger partial charge in [0, 0.05) is 15.9 Å². The third-order valence-corrected chi connectivity index (χ3v) is 5.91. The zero-order valence-electron chi connectivity index (χ0n) is 12.9. The summed E-state index contributed by atoms with van der Waals surface area (Å²) in [6.07, 6.45) is 1.22. The lowest BCUT2D eigenvalue weighted by Crippen LogP contribution is -2.06. The van der Waals surface area contributed by atoms with Crippen molar-refractivity contribution < 1.29 is 14.3 Å². The van der Waals surface area contributed by atoms with E-state index < -0.39 is 0 Å². The first-order valence-electron chi connectivity index (χ1n) is 7.25. The fraction of sp³-hybridized carbons (Fsp3) is 0.412. The van der Waals surface area contributed by atoms with Gasteiger partial charge in [-0.15, -0.1) is 11.3 Å². The zero-order chi connectivity index (χ0) is 16.3. The van der Waals surface area contributed by atoms with Crippen LogP contribution in [0.3, 0.4) is 0 Å². The molecule has 0 aliphatic carbocycles. The molecule has 1 atom stereocenters. The Morgan fingerprint density at radius 3 is 2.68 bits per heavy atom. The van der Waals surface area contributed by atoms with Crippen LogP contribution in [0.4, 0.5) is 0 Å².